The van der Waals surface area contributed by atoms with E-state index in [1.807, 2.05) is 48.7 Å². The fourth-order valence-electron chi connectivity index (χ4n) is 3.21. The molecule has 1 aromatic heterocycles. The molecule has 1 amide bonds. The van der Waals surface area contributed by atoms with Gasteiger partial charge in [-0.05, 0) is 66.3 Å². The average Bonchev–Trinajstić information content (AvgIpc) is 2.84. The molecule has 4 aromatic rings. The lowest BCUT2D eigenvalue weighted by Gasteiger charge is -2.08. The lowest BCUT2D eigenvalue weighted by atomic mass is 10.0. The molecule has 3 aromatic carbocycles. The van der Waals surface area contributed by atoms with Crippen LogP contribution in [0.4, 0.5) is 0 Å². The summed E-state index contributed by atoms with van der Waals surface area (Å²) in [6.45, 7) is 2.53. The third kappa shape index (κ3) is 5.34. The molecule has 0 saturated carbocycles. The van der Waals surface area contributed by atoms with E-state index in [4.69, 9.17) is 4.74 Å². The number of hydrogen-bond acceptors (Lipinski definition) is 5. The monoisotopic (exact) mass is 441 g/mol. The van der Waals surface area contributed by atoms with Crippen LogP contribution in [0.25, 0.3) is 11.1 Å². The summed E-state index contributed by atoms with van der Waals surface area (Å²) in [7, 11) is 0. The van der Waals surface area contributed by atoms with Crippen LogP contribution in [0.15, 0.2) is 90.1 Å². The molecule has 0 atom stereocenters. The first kappa shape index (κ1) is 21.6. The molecular weight excluding hydrogens is 418 g/mol. The lowest BCUT2D eigenvalue weighted by Crippen LogP contribution is -2.22. The van der Waals surface area contributed by atoms with Crippen LogP contribution in [-0.2, 0) is 6.54 Å². The van der Waals surface area contributed by atoms with Crippen molar-refractivity contribution in [2.45, 2.75) is 18.4 Å². The molecule has 0 bridgehead atoms. The van der Waals surface area contributed by atoms with Gasteiger partial charge in [0.15, 0.2) is 0 Å². The van der Waals surface area contributed by atoms with Gasteiger partial charge in [-0.2, -0.15) is 0 Å². The third-order valence-corrected chi connectivity index (χ3v) is 5.77. The summed E-state index contributed by atoms with van der Waals surface area (Å²) < 4.78 is 5.73. The Kier molecular flexibility index (Phi) is 6.82. The smallest absolute Gasteiger partial charge is 0.321 e. The number of hydrogen-bond donors (Lipinski definition) is 1. The van der Waals surface area contributed by atoms with Gasteiger partial charge in [-0.3, -0.25) is 4.79 Å². The van der Waals surface area contributed by atoms with Crippen LogP contribution in [0.2, 0.25) is 0 Å². The zero-order valence-electron chi connectivity index (χ0n) is 17.9. The van der Waals surface area contributed by atoms with Gasteiger partial charge >= 0.3 is 6.01 Å². The van der Waals surface area contributed by atoms with Crippen molar-refractivity contribution in [3.63, 3.8) is 0 Å². The predicted octanol–water partition coefficient (Wildman–Crippen LogP) is 5.90. The van der Waals surface area contributed by atoms with Gasteiger partial charge in [0.05, 0.1) is 0 Å². The Morgan fingerprint density at radius 2 is 1.62 bits per heavy atom. The summed E-state index contributed by atoms with van der Waals surface area (Å²) in [4.78, 5) is 22.2. The number of ether oxygens (including phenoxy) is 1. The van der Waals surface area contributed by atoms with Gasteiger partial charge < -0.3 is 10.1 Å². The summed E-state index contributed by atoms with van der Waals surface area (Å²) in [6, 6.07) is 23.4. The first-order valence-corrected chi connectivity index (χ1v) is 11.4. The number of amides is 1. The van der Waals surface area contributed by atoms with Crippen LogP contribution < -0.4 is 10.1 Å². The van der Waals surface area contributed by atoms with E-state index in [-0.39, 0.29) is 11.9 Å². The molecule has 0 unspecified atom stereocenters. The fourth-order valence-corrected chi connectivity index (χ4v) is 3.62. The zero-order valence-corrected chi connectivity index (χ0v) is 18.7. The lowest BCUT2D eigenvalue weighted by molar-refractivity contribution is 0.0951. The fraction of sp³-hybridized carbons (Fsp3) is 0.115. The molecule has 0 aliphatic carbocycles. The van der Waals surface area contributed by atoms with Crippen LogP contribution in [0.3, 0.4) is 0 Å². The molecule has 0 fully saturated rings. The Balaban J connectivity index is 1.35. The minimum Gasteiger partial charge on any atom is -0.424 e. The topological polar surface area (TPSA) is 64.1 Å². The molecule has 0 aliphatic rings. The van der Waals surface area contributed by atoms with Gasteiger partial charge in [0.25, 0.3) is 5.91 Å². The van der Waals surface area contributed by atoms with Gasteiger partial charge in [0, 0.05) is 35.0 Å². The van der Waals surface area contributed by atoms with E-state index in [2.05, 4.69) is 28.3 Å². The number of carbonyl (C=O) groups is 1. The Morgan fingerprint density at radius 3 is 2.28 bits per heavy atom. The molecule has 1 heterocycles. The number of aryl methyl sites for hydroxylation is 1. The molecule has 0 spiro atoms. The van der Waals surface area contributed by atoms with Crippen LogP contribution in [0.5, 0.6) is 11.8 Å². The normalized spacial score (nSPS) is 10.6. The van der Waals surface area contributed by atoms with Crippen molar-refractivity contribution in [1.82, 2.24) is 15.3 Å². The quantitative estimate of drug-likeness (QED) is 0.362. The van der Waals surface area contributed by atoms with Crippen LogP contribution in [0, 0.1) is 6.92 Å². The average molecular weight is 442 g/mol. The zero-order chi connectivity index (χ0) is 22.3. The number of benzene rings is 3. The van der Waals surface area contributed by atoms with E-state index >= 15 is 0 Å². The largest absolute Gasteiger partial charge is 0.424 e. The van der Waals surface area contributed by atoms with E-state index in [9.17, 15) is 4.79 Å². The molecule has 0 saturated heterocycles. The van der Waals surface area contributed by atoms with E-state index in [0.29, 0.717) is 17.9 Å². The van der Waals surface area contributed by atoms with Gasteiger partial charge in [-0.1, -0.05) is 36.4 Å². The highest BCUT2D eigenvalue weighted by atomic mass is 32.2. The number of nitrogens with one attached hydrogen (secondary N) is 1. The van der Waals surface area contributed by atoms with E-state index in [1.54, 1.807) is 48.4 Å². The van der Waals surface area contributed by atoms with Crippen molar-refractivity contribution in [2.24, 2.45) is 0 Å². The maximum Gasteiger partial charge on any atom is 0.321 e. The minimum atomic E-state index is -0.135. The van der Waals surface area contributed by atoms with Crippen LogP contribution >= 0.6 is 11.8 Å². The summed E-state index contributed by atoms with van der Waals surface area (Å²) >= 11 is 1.69. The number of rotatable bonds is 7. The van der Waals surface area contributed by atoms with Crippen LogP contribution in [0.1, 0.15) is 21.5 Å². The molecule has 6 heteroatoms. The number of thioether (sulfide) groups is 1. The second-order valence-electron chi connectivity index (χ2n) is 7.23. The first-order chi connectivity index (χ1) is 15.6. The highest BCUT2D eigenvalue weighted by molar-refractivity contribution is 7.98. The Morgan fingerprint density at radius 1 is 0.938 bits per heavy atom. The second-order valence-corrected chi connectivity index (χ2v) is 8.11. The standard InChI is InChI=1S/C26H23N3O2S/c1-18-5-3-4-6-24(18)21-16-28-26(29-17-21)31-22-11-9-20(10-12-22)25(30)27-15-19-7-13-23(32-2)14-8-19/h3-14,16-17H,15H2,1-2H3,(H,27,30). The second kappa shape index (κ2) is 10.1. The first-order valence-electron chi connectivity index (χ1n) is 10.2. The van der Waals surface area contributed by atoms with Gasteiger partial charge in [-0.15, -0.1) is 11.8 Å². The van der Waals surface area contributed by atoms with Crippen LogP contribution in [-0.4, -0.2) is 22.1 Å². The summed E-state index contributed by atoms with van der Waals surface area (Å²) in [6.07, 6.45) is 5.54. The van der Waals surface area contributed by atoms with Crippen molar-refractivity contribution in [2.75, 3.05) is 6.26 Å². The Labute approximate surface area is 191 Å². The molecule has 1 N–H and O–H groups in total. The molecule has 0 aliphatic heterocycles. The number of aromatic nitrogens is 2. The molecule has 4 rings (SSSR count). The van der Waals surface area contributed by atoms with Gasteiger partial charge in [0.1, 0.15) is 5.75 Å². The molecule has 160 valence electrons. The highest BCUT2D eigenvalue weighted by Gasteiger charge is 2.08. The SMILES string of the molecule is CSc1ccc(CNC(=O)c2ccc(Oc3ncc(-c4ccccc4C)cn3)cc2)cc1. The molecule has 32 heavy (non-hydrogen) atoms. The third-order valence-electron chi connectivity index (χ3n) is 5.02. The molecule has 5 nitrogen and oxygen atoms in total. The Bertz CT molecular complexity index is 1190. The van der Waals surface area contributed by atoms with Crippen molar-refractivity contribution in [1.29, 1.82) is 0 Å². The predicted molar refractivity (Wildman–Crippen MR) is 128 cm³/mol. The van der Waals surface area contributed by atoms with Crippen molar-refractivity contribution in [3.05, 3.63) is 102 Å². The summed E-state index contributed by atoms with van der Waals surface area (Å²) in [5.74, 6) is 0.433. The number of carbonyl (C=O) groups excluding carboxylic acids is 1. The van der Waals surface area contributed by atoms with E-state index in [0.717, 1.165) is 22.3 Å². The van der Waals surface area contributed by atoms with Gasteiger partial charge in [0.2, 0.25) is 0 Å². The van der Waals surface area contributed by atoms with Gasteiger partial charge in [-0.25, -0.2) is 9.97 Å². The Hall–Kier alpha value is -3.64. The molecular formula is C26H23N3O2S. The molecule has 0 radical (unpaired) electrons. The minimum absolute atomic E-state index is 0.135. The van der Waals surface area contributed by atoms with E-state index in [1.165, 1.54) is 4.90 Å². The summed E-state index contributed by atoms with van der Waals surface area (Å²) in [5, 5.41) is 2.94. The van der Waals surface area contributed by atoms with E-state index < -0.39 is 0 Å². The van der Waals surface area contributed by atoms with Crippen molar-refractivity contribution < 1.29 is 9.53 Å². The maximum atomic E-state index is 12.4. The van der Waals surface area contributed by atoms with Crippen molar-refractivity contribution in [3.8, 4) is 22.9 Å². The number of nitrogens with zero attached hydrogens (tertiary/aromatic N) is 2. The summed E-state index contributed by atoms with van der Waals surface area (Å²) in [5.41, 5.74) is 4.81. The highest BCUT2D eigenvalue weighted by Crippen LogP contribution is 2.24. The van der Waals surface area contributed by atoms with Crippen molar-refractivity contribution >= 4 is 17.7 Å². The maximum absolute atomic E-state index is 12.4.